The summed E-state index contributed by atoms with van der Waals surface area (Å²) >= 11 is 0. The highest BCUT2D eigenvalue weighted by Gasteiger charge is 2.08. The molecule has 0 amide bonds. The van der Waals surface area contributed by atoms with Gasteiger partial charge in [-0.05, 0) is 30.7 Å². The van der Waals surface area contributed by atoms with E-state index in [0.29, 0.717) is 11.3 Å². The van der Waals surface area contributed by atoms with Crippen molar-refractivity contribution in [1.82, 2.24) is 0 Å². The van der Waals surface area contributed by atoms with Crippen molar-refractivity contribution in [3.63, 3.8) is 0 Å². The molecule has 0 bridgehead atoms. The maximum atomic E-state index is 11.7. The molecule has 2 rings (SSSR count). The second kappa shape index (κ2) is 6.40. The topological polar surface area (TPSA) is 35.5 Å². The molecule has 0 spiro atoms. The summed E-state index contributed by atoms with van der Waals surface area (Å²) in [5.74, 6) is -0.0175. The third-order valence-corrected chi connectivity index (χ3v) is 2.46. The fraction of sp³-hybridized carbons (Fsp3) is 0.0625. The van der Waals surface area contributed by atoms with E-state index in [9.17, 15) is 4.79 Å². The molecule has 3 nitrogen and oxygen atoms in total. The molecule has 0 radical (unpaired) electrons. The van der Waals surface area contributed by atoms with Crippen molar-refractivity contribution in [2.45, 2.75) is 6.92 Å². The maximum Gasteiger partial charge on any atom is 0.381 e. The van der Waals surface area contributed by atoms with Crippen molar-refractivity contribution in [3.05, 3.63) is 71.8 Å². The van der Waals surface area contributed by atoms with Crippen molar-refractivity contribution in [3.8, 4) is 5.75 Å². The smallest absolute Gasteiger partial charge is 0.287 e. The number of carbonyl (C=O) groups excluding carboxylic acids is 1. The summed E-state index contributed by atoms with van der Waals surface area (Å²) in [6.07, 6.45) is 1.75. The van der Waals surface area contributed by atoms with E-state index < -0.39 is 5.97 Å². The lowest BCUT2D eigenvalue weighted by Crippen LogP contribution is -2.08. The molecule has 0 saturated heterocycles. The molecule has 0 aliphatic heterocycles. The first-order valence-electron chi connectivity index (χ1n) is 5.93. The van der Waals surface area contributed by atoms with Gasteiger partial charge in [-0.25, -0.2) is 9.68 Å². The minimum Gasteiger partial charge on any atom is -0.287 e. The van der Waals surface area contributed by atoms with Crippen LogP contribution in [-0.2, 0) is 9.68 Å². The second-order valence-corrected chi connectivity index (χ2v) is 4.01. The van der Waals surface area contributed by atoms with Crippen LogP contribution in [0.5, 0.6) is 5.75 Å². The first-order chi connectivity index (χ1) is 9.25. The Balaban J connectivity index is 1.95. The van der Waals surface area contributed by atoms with Crippen LogP contribution in [0, 0.1) is 0 Å². The van der Waals surface area contributed by atoms with Crippen LogP contribution >= 0.6 is 0 Å². The first kappa shape index (κ1) is 12.9. The largest absolute Gasteiger partial charge is 0.381 e. The maximum absolute atomic E-state index is 11.7. The molecule has 0 aliphatic rings. The van der Waals surface area contributed by atoms with Crippen LogP contribution in [0.25, 0.3) is 6.08 Å². The zero-order valence-corrected chi connectivity index (χ0v) is 10.6. The van der Waals surface area contributed by atoms with E-state index in [1.165, 1.54) is 0 Å². The van der Waals surface area contributed by atoms with Gasteiger partial charge in [0.05, 0.1) is 0 Å². The molecule has 0 aromatic heterocycles. The summed E-state index contributed by atoms with van der Waals surface area (Å²) in [5, 5.41) is 0. The average Bonchev–Trinajstić information content (AvgIpc) is 2.47. The molecule has 0 fully saturated rings. The Kier molecular flexibility index (Phi) is 4.34. The second-order valence-electron chi connectivity index (χ2n) is 4.01. The SMILES string of the molecule is CC(=Cc1ccccc1)C(=O)OOc1ccccc1. The van der Waals surface area contributed by atoms with E-state index in [1.54, 1.807) is 37.3 Å². The number of hydrogen-bond acceptors (Lipinski definition) is 3. The van der Waals surface area contributed by atoms with Gasteiger partial charge in [-0.15, -0.1) is 0 Å². The van der Waals surface area contributed by atoms with Crippen molar-refractivity contribution < 1.29 is 14.6 Å². The molecular weight excluding hydrogens is 240 g/mol. The summed E-state index contributed by atoms with van der Waals surface area (Å²) in [4.78, 5) is 21.4. The van der Waals surface area contributed by atoms with Gasteiger partial charge in [0, 0.05) is 5.57 Å². The lowest BCUT2D eigenvalue weighted by atomic mass is 10.1. The molecule has 2 aromatic rings. The normalized spacial score (nSPS) is 10.9. The first-order valence-corrected chi connectivity index (χ1v) is 5.93. The average molecular weight is 254 g/mol. The van der Waals surface area contributed by atoms with Crippen LogP contribution in [0.4, 0.5) is 0 Å². The van der Waals surface area contributed by atoms with Gasteiger partial charge in [0.1, 0.15) is 0 Å². The molecule has 0 unspecified atom stereocenters. The van der Waals surface area contributed by atoms with E-state index >= 15 is 0 Å². The fourth-order valence-electron chi connectivity index (χ4n) is 1.49. The zero-order chi connectivity index (χ0) is 13.5. The summed E-state index contributed by atoms with van der Waals surface area (Å²) in [6, 6.07) is 18.4. The van der Waals surface area contributed by atoms with Gasteiger partial charge >= 0.3 is 5.97 Å². The molecule has 0 N–H and O–H groups in total. The third kappa shape index (κ3) is 4.00. The van der Waals surface area contributed by atoms with Crippen LogP contribution in [0.3, 0.4) is 0 Å². The summed E-state index contributed by atoms with van der Waals surface area (Å²) in [6.45, 7) is 1.68. The van der Waals surface area contributed by atoms with Crippen molar-refractivity contribution >= 4 is 12.0 Å². The van der Waals surface area contributed by atoms with E-state index in [2.05, 4.69) is 0 Å². The number of para-hydroxylation sites is 1. The molecule has 2 aromatic carbocycles. The lowest BCUT2D eigenvalue weighted by molar-refractivity contribution is -0.208. The summed E-state index contributed by atoms with van der Waals surface area (Å²) in [5.41, 5.74) is 1.42. The van der Waals surface area contributed by atoms with Crippen molar-refractivity contribution in [2.75, 3.05) is 0 Å². The molecule has 0 saturated carbocycles. The van der Waals surface area contributed by atoms with Crippen molar-refractivity contribution in [1.29, 1.82) is 0 Å². The number of carbonyl (C=O) groups is 1. The van der Waals surface area contributed by atoms with Gasteiger partial charge in [0.15, 0.2) is 5.75 Å². The Morgan fingerprint density at radius 2 is 1.53 bits per heavy atom. The third-order valence-electron chi connectivity index (χ3n) is 2.46. The van der Waals surface area contributed by atoms with Crippen LogP contribution in [0.1, 0.15) is 12.5 Å². The molecule has 0 atom stereocenters. The monoisotopic (exact) mass is 254 g/mol. The van der Waals surface area contributed by atoms with Gasteiger partial charge < -0.3 is 0 Å². The van der Waals surface area contributed by atoms with Gasteiger partial charge in [0.2, 0.25) is 0 Å². The molecule has 0 heterocycles. The van der Waals surface area contributed by atoms with Crippen LogP contribution in [-0.4, -0.2) is 5.97 Å². The Bertz CT molecular complexity index is 559. The van der Waals surface area contributed by atoms with Crippen LogP contribution in [0.15, 0.2) is 66.2 Å². The fourth-order valence-corrected chi connectivity index (χ4v) is 1.49. The van der Waals surface area contributed by atoms with Crippen molar-refractivity contribution in [2.24, 2.45) is 0 Å². The number of hydrogen-bond donors (Lipinski definition) is 0. The highest BCUT2D eigenvalue weighted by Crippen LogP contribution is 2.11. The Morgan fingerprint density at radius 3 is 2.16 bits per heavy atom. The molecule has 96 valence electrons. The van der Waals surface area contributed by atoms with Gasteiger partial charge in [-0.3, -0.25) is 4.89 Å². The van der Waals surface area contributed by atoms with Gasteiger partial charge in [0.25, 0.3) is 0 Å². The van der Waals surface area contributed by atoms with Gasteiger partial charge in [-0.2, -0.15) is 0 Å². The van der Waals surface area contributed by atoms with E-state index in [0.717, 1.165) is 5.56 Å². The Labute approximate surface area is 112 Å². The van der Waals surface area contributed by atoms with E-state index in [1.807, 2.05) is 36.4 Å². The highest BCUT2D eigenvalue weighted by molar-refractivity contribution is 5.92. The molecule has 0 aliphatic carbocycles. The molecule has 3 heteroatoms. The highest BCUT2D eigenvalue weighted by atomic mass is 17.2. The predicted octanol–water partition coefficient (Wildman–Crippen LogP) is 3.63. The molecular formula is C16H14O3. The summed E-state index contributed by atoms with van der Waals surface area (Å²) < 4.78 is 0. The Hall–Kier alpha value is -2.55. The Morgan fingerprint density at radius 1 is 0.947 bits per heavy atom. The molecule has 19 heavy (non-hydrogen) atoms. The minimum atomic E-state index is -0.507. The minimum absolute atomic E-state index is 0.474. The number of benzene rings is 2. The quantitative estimate of drug-likeness (QED) is 0.475. The van der Waals surface area contributed by atoms with Crippen LogP contribution < -0.4 is 4.89 Å². The summed E-state index contributed by atoms with van der Waals surface area (Å²) in [7, 11) is 0. The van der Waals surface area contributed by atoms with Gasteiger partial charge in [-0.1, -0.05) is 48.5 Å². The number of rotatable bonds is 4. The lowest BCUT2D eigenvalue weighted by Gasteiger charge is -2.04. The zero-order valence-electron chi connectivity index (χ0n) is 10.6. The van der Waals surface area contributed by atoms with E-state index in [-0.39, 0.29) is 0 Å². The standard InChI is InChI=1S/C16H14O3/c1-13(12-14-8-4-2-5-9-14)16(17)19-18-15-10-6-3-7-11-15/h2-12H,1H3. The van der Waals surface area contributed by atoms with Crippen LogP contribution in [0.2, 0.25) is 0 Å². The predicted molar refractivity (Wildman–Crippen MR) is 73.3 cm³/mol. The van der Waals surface area contributed by atoms with E-state index in [4.69, 9.17) is 9.78 Å².